The second-order valence-electron chi connectivity index (χ2n) is 3.82. The summed E-state index contributed by atoms with van der Waals surface area (Å²) in [5, 5.41) is 3.01. The molecule has 3 aromatic rings. The molecule has 0 unspecified atom stereocenters. The van der Waals surface area contributed by atoms with E-state index in [0.717, 1.165) is 11.3 Å². The zero-order valence-electron chi connectivity index (χ0n) is 9.62. The molecule has 2 aromatic heterocycles. The molecule has 0 atom stereocenters. The van der Waals surface area contributed by atoms with Gasteiger partial charge in [0.2, 0.25) is 0 Å². The minimum Gasteiger partial charge on any atom is -0.298 e. The number of fused-ring (bicyclic) bond motifs is 1. The molecule has 0 aliphatic heterocycles. The van der Waals surface area contributed by atoms with Crippen LogP contribution in [0, 0.1) is 5.82 Å². The normalized spacial score (nSPS) is 10.9. The van der Waals surface area contributed by atoms with Crippen molar-refractivity contribution in [3.63, 3.8) is 0 Å². The lowest BCUT2D eigenvalue weighted by Gasteiger charge is -1.98. The Morgan fingerprint density at radius 3 is 2.75 bits per heavy atom. The van der Waals surface area contributed by atoms with Crippen LogP contribution in [-0.2, 0) is 0 Å². The van der Waals surface area contributed by atoms with E-state index in [0.29, 0.717) is 29.6 Å². The number of thiophene rings is 1. The highest BCUT2D eigenvalue weighted by Gasteiger charge is 2.16. The summed E-state index contributed by atoms with van der Waals surface area (Å²) in [5.41, 5.74) is 0.924. The van der Waals surface area contributed by atoms with Crippen LogP contribution in [0.5, 0.6) is 0 Å². The van der Waals surface area contributed by atoms with E-state index in [2.05, 4.69) is 10.3 Å². The highest BCUT2D eigenvalue weighted by atomic mass is 35.5. The zero-order valence-corrected chi connectivity index (χ0v) is 12.8. The molecule has 0 spiro atoms. The third kappa shape index (κ3) is 2.64. The summed E-state index contributed by atoms with van der Waals surface area (Å²) in [4.78, 5) is 16.2. The molecule has 0 saturated carbocycles. The Kier molecular flexibility index (Phi) is 3.64. The standard InChI is InChI=1S/C12H5Cl2FN2OS2/c13-9-4-6(10(14)20-9)11(18)17-12-16-7-2-1-5(15)3-8(7)19-12/h1-4H,(H,16,17,18). The Morgan fingerprint density at radius 2 is 2.05 bits per heavy atom. The second kappa shape index (κ2) is 5.29. The molecule has 102 valence electrons. The molecular formula is C12H5Cl2FN2OS2. The van der Waals surface area contributed by atoms with Crippen molar-refractivity contribution in [2.24, 2.45) is 0 Å². The van der Waals surface area contributed by atoms with Crippen molar-refractivity contribution in [2.45, 2.75) is 0 Å². The molecule has 1 aromatic carbocycles. The van der Waals surface area contributed by atoms with E-state index in [4.69, 9.17) is 23.2 Å². The molecule has 20 heavy (non-hydrogen) atoms. The summed E-state index contributed by atoms with van der Waals surface area (Å²) in [6, 6.07) is 5.75. The van der Waals surface area contributed by atoms with Crippen molar-refractivity contribution in [3.05, 3.63) is 44.3 Å². The van der Waals surface area contributed by atoms with Gasteiger partial charge in [-0.25, -0.2) is 9.37 Å². The largest absolute Gasteiger partial charge is 0.298 e. The van der Waals surface area contributed by atoms with Crippen LogP contribution in [0.25, 0.3) is 10.2 Å². The molecule has 8 heteroatoms. The van der Waals surface area contributed by atoms with E-state index >= 15 is 0 Å². The van der Waals surface area contributed by atoms with Crippen molar-refractivity contribution in [2.75, 3.05) is 5.32 Å². The molecule has 0 aliphatic carbocycles. The Balaban J connectivity index is 1.89. The number of amides is 1. The lowest BCUT2D eigenvalue weighted by Crippen LogP contribution is -2.10. The Morgan fingerprint density at radius 1 is 1.25 bits per heavy atom. The fraction of sp³-hybridized carbons (Fsp3) is 0. The van der Waals surface area contributed by atoms with E-state index in [1.54, 1.807) is 6.07 Å². The summed E-state index contributed by atoms with van der Waals surface area (Å²) < 4.78 is 14.5. The van der Waals surface area contributed by atoms with Gasteiger partial charge in [0.15, 0.2) is 5.13 Å². The van der Waals surface area contributed by atoms with Gasteiger partial charge in [0.25, 0.3) is 5.91 Å². The van der Waals surface area contributed by atoms with Gasteiger partial charge in [-0.05, 0) is 24.3 Å². The first-order valence-electron chi connectivity index (χ1n) is 5.35. The number of aromatic nitrogens is 1. The van der Waals surface area contributed by atoms with E-state index < -0.39 is 5.91 Å². The molecule has 1 amide bonds. The van der Waals surface area contributed by atoms with Gasteiger partial charge in [-0.15, -0.1) is 11.3 Å². The Bertz CT molecular complexity index is 815. The van der Waals surface area contributed by atoms with Crippen molar-refractivity contribution in [1.82, 2.24) is 4.98 Å². The van der Waals surface area contributed by atoms with E-state index in [9.17, 15) is 9.18 Å². The SMILES string of the molecule is O=C(Nc1nc2ccc(F)cc2s1)c1cc(Cl)sc1Cl. The van der Waals surface area contributed by atoms with Crippen molar-refractivity contribution in [3.8, 4) is 0 Å². The summed E-state index contributed by atoms with van der Waals surface area (Å²) in [6.45, 7) is 0. The average molecular weight is 347 g/mol. The Labute approximate surface area is 131 Å². The van der Waals surface area contributed by atoms with Gasteiger partial charge in [0.05, 0.1) is 20.1 Å². The lowest BCUT2D eigenvalue weighted by molar-refractivity contribution is 0.102. The van der Waals surface area contributed by atoms with Crippen LogP contribution < -0.4 is 5.32 Å². The molecule has 2 heterocycles. The maximum atomic E-state index is 13.1. The smallest absolute Gasteiger partial charge is 0.259 e. The van der Waals surface area contributed by atoms with Gasteiger partial charge < -0.3 is 0 Å². The fourth-order valence-electron chi connectivity index (χ4n) is 1.61. The minimum atomic E-state index is -0.391. The highest BCUT2D eigenvalue weighted by Crippen LogP contribution is 2.32. The third-order valence-corrected chi connectivity index (χ3v) is 4.89. The predicted octanol–water partition coefficient (Wildman–Crippen LogP) is 5.06. The van der Waals surface area contributed by atoms with E-state index in [-0.39, 0.29) is 5.82 Å². The van der Waals surface area contributed by atoms with Gasteiger partial charge in [0, 0.05) is 0 Å². The number of halogens is 3. The summed E-state index contributed by atoms with van der Waals surface area (Å²) in [6.07, 6.45) is 0. The molecule has 0 fully saturated rings. The first-order chi connectivity index (χ1) is 9.52. The predicted molar refractivity (Wildman–Crippen MR) is 81.9 cm³/mol. The number of thiazole rings is 1. The molecule has 3 rings (SSSR count). The van der Waals surface area contributed by atoms with Crippen LogP contribution in [0.4, 0.5) is 9.52 Å². The number of anilines is 1. The number of nitrogens with zero attached hydrogens (tertiary/aromatic N) is 1. The van der Waals surface area contributed by atoms with Crippen molar-refractivity contribution in [1.29, 1.82) is 0 Å². The van der Waals surface area contributed by atoms with Crippen LogP contribution in [0.3, 0.4) is 0 Å². The fourth-order valence-corrected chi connectivity index (χ4v) is 3.96. The number of carbonyl (C=O) groups excluding carboxylic acids is 1. The van der Waals surface area contributed by atoms with Crippen LogP contribution >= 0.6 is 45.9 Å². The topological polar surface area (TPSA) is 42.0 Å². The molecular weight excluding hydrogens is 342 g/mol. The summed E-state index contributed by atoms with van der Waals surface area (Å²) in [5.74, 6) is -0.732. The number of benzene rings is 1. The van der Waals surface area contributed by atoms with Gasteiger partial charge in [0.1, 0.15) is 10.2 Å². The van der Waals surface area contributed by atoms with Crippen LogP contribution in [0.15, 0.2) is 24.3 Å². The van der Waals surface area contributed by atoms with Gasteiger partial charge in [-0.2, -0.15) is 0 Å². The molecule has 0 aliphatic rings. The maximum absolute atomic E-state index is 13.1. The summed E-state index contributed by atoms with van der Waals surface area (Å²) >= 11 is 14.0. The number of rotatable bonds is 2. The molecule has 0 bridgehead atoms. The zero-order chi connectivity index (χ0) is 14.3. The minimum absolute atomic E-state index is 0.298. The van der Waals surface area contributed by atoms with Gasteiger partial charge in [-0.3, -0.25) is 10.1 Å². The van der Waals surface area contributed by atoms with Crippen LogP contribution in [-0.4, -0.2) is 10.9 Å². The first-order valence-corrected chi connectivity index (χ1v) is 7.74. The van der Waals surface area contributed by atoms with Crippen molar-refractivity contribution < 1.29 is 9.18 Å². The van der Waals surface area contributed by atoms with Gasteiger partial charge >= 0.3 is 0 Å². The molecule has 0 radical (unpaired) electrons. The van der Waals surface area contributed by atoms with Crippen molar-refractivity contribution >= 4 is 67.1 Å². The summed E-state index contributed by atoms with van der Waals surface area (Å²) in [7, 11) is 0. The van der Waals surface area contributed by atoms with E-state index in [1.165, 1.54) is 29.5 Å². The monoisotopic (exact) mass is 346 g/mol. The highest BCUT2D eigenvalue weighted by molar-refractivity contribution is 7.22. The van der Waals surface area contributed by atoms with Crippen LogP contribution in [0.2, 0.25) is 8.67 Å². The number of hydrogen-bond acceptors (Lipinski definition) is 4. The lowest BCUT2D eigenvalue weighted by atomic mass is 10.3. The average Bonchev–Trinajstić information content (AvgIpc) is 2.91. The first kappa shape index (κ1) is 13.8. The molecule has 0 saturated heterocycles. The number of carbonyl (C=O) groups is 1. The third-order valence-electron chi connectivity index (χ3n) is 2.47. The van der Waals surface area contributed by atoms with Crippen LogP contribution in [0.1, 0.15) is 10.4 Å². The molecule has 1 N–H and O–H groups in total. The van der Waals surface area contributed by atoms with Gasteiger partial charge in [-0.1, -0.05) is 34.5 Å². The van der Waals surface area contributed by atoms with E-state index in [1.807, 2.05) is 0 Å². The second-order valence-corrected chi connectivity index (χ2v) is 7.14. The number of nitrogens with one attached hydrogen (secondary N) is 1. The Hall–Kier alpha value is -1.21. The molecule has 3 nitrogen and oxygen atoms in total. The maximum Gasteiger partial charge on any atom is 0.259 e. The quantitative estimate of drug-likeness (QED) is 0.704. The number of hydrogen-bond donors (Lipinski definition) is 1.